The van der Waals surface area contributed by atoms with E-state index in [1.165, 1.54) is 22.3 Å². The fraction of sp³-hybridized carbons (Fsp3) is 0.237. The van der Waals surface area contributed by atoms with Gasteiger partial charge in [0.2, 0.25) is 0 Å². The molecule has 6 rings (SSSR count). The summed E-state index contributed by atoms with van der Waals surface area (Å²) in [6.45, 7) is 4.60. The fourth-order valence-electron chi connectivity index (χ4n) is 6.11. The monoisotopic (exact) mass is 535 g/mol. The minimum Gasteiger partial charge on any atom is -0.208 e. The van der Waals surface area contributed by atoms with Gasteiger partial charge in [-0.2, -0.15) is 0 Å². The van der Waals surface area contributed by atoms with Crippen molar-refractivity contribution in [1.29, 1.82) is 0 Å². The number of nitrogens with zero attached hydrogens (tertiary/aromatic N) is 3. The predicted molar refractivity (Wildman–Crippen MR) is 171 cm³/mol. The average Bonchev–Trinajstić information content (AvgIpc) is 3.07. The van der Waals surface area contributed by atoms with Crippen molar-refractivity contribution in [3.05, 3.63) is 138 Å². The van der Waals surface area contributed by atoms with Gasteiger partial charge in [-0.1, -0.05) is 129 Å². The number of hydrogen-bond donors (Lipinski definition) is 0. The van der Waals surface area contributed by atoms with E-state index in [1.54, 1.807) is 0 Å². The van der Waals surface area contributed by atoms with Crippen LogP contribution in [0.4, 0.5) is 0 Å². The van der Waals surface area contributed by atoms with Crippen molar-refractivity contribution in [2.45, 2.75) is 57.8 Å². The first-order chi connectivity index (χ1) is 20.2. The summed E-state index contributed by atoms with van der Waals surface area (Å²) in [5, 5.41) is 0. The molecule has 2 aliphatic rings. The quantitative estimate of drug-likeness (QED) is 0.225. The Balaban J connectivity index is 1.36. The number of hydrogen-bond acceptors (Lipinski definition) is 3. The summed E-state index contributed by atoms with van der Waals surface area (Å²) in [5.41, 5.74) is 8.32. The van der Waals surface area contributed by atoms with Gasteiger partial charge >= 0.3 is 0 Å². The molecule has 0 bridgehead atoms. The van der Waals surface area contributed by atoms with Crippen LogP contribution in [0.1, 0.15) is 74.9 Å². The summed E-state index contributed by atoms with van der Waals surface area (Å²) in [5.74, 6) is 2.14. The van der Waals surface area contributed by atoms with Crippen molar-refractivity contribution in [2.75, 3.05) is 0 Å². The van der Waals surface area contributed by atoms with Crippen LogP contribution in [0.15, 0.2) is 115 Å². The summed E-state index contributed by atoms with van der Waals surface area (Å²) in [6, 6.07) is 28.3. The number of benzene rings is 3. The highest BCUT2D eigenvalue weighted by atomic mass is 15.0. The summed E-state index contributed by atoms with van der Waals surface area (Å²) in [4.78, 5) is 14.7. The van der Waals surface area contributed by atoms with Crippen molar-refractivity contribution in [3.63, 3.8) is 0 Å². The van der Waals surface area contributed by atoms with Gasteiger partial charge < -0.3 is 0 Å². The Morgan fingerprint density at radius 2 is 1.00 bits per heavy atom. The van der Waals surface area contributed by atoms with E-state index in [2.05, 4.69) is 111 Å². The Kier molecular flexibility index (Phi) is 7.86. The zero-order valence-corrected chi connectivity index (χ0v) is 24.1. The van der Waals surface area contributed by atoms with Gasteiger partial charge in [-0.25, -0.2) is 15.0 Å². The van der Waals surface area contributed by atoms with Gasteiger partial charge in [0.05, 0.1) is 0 Å². The third-order valence-corrected chi connectivity index (χ3v) is 8.59. The molecule has 2 aliphatic carbocycles. The Hall–Kier alpha value is -4.37. The van der Waals surface area contributed by atoms with Crippen LogP contribution in [0.5, 0.6) is 0 Å². The second kappa shape index (κ2) is 12.0. The van der Waals surface area contributed by atoms with Crippen LogP contribution in [0.2, 0.25) is 0 Å². The molecule has 1 aromatic heterocycles. The van der Waals surface area contributed by atoms with E-state index in [0.29, 0.717) is 11.6 Å². The highest BCUT2D eigenvalue weighted by Gasteiger charge is 2.30. The van der Waals surface area contributed by atoms with Gasteiger partial charge in [0.1, 0.15) is 0 Å². The zero-order chi connectivity index (χ0) is 28.1. The fourth-order valence-corrected chi connectivity index (χ4v) is 6.11. The second-order valence-electron chi connectivity index (χ2n) is 10.9. The standard InChI is InChI=1S/C38H37N3/c1-3-38(4-2,33-24-20-29(21-25-33)28-14-8-5-9-15-28)34-26-22-32(23-27-34)37-40-35(30-16-10-6-11-17-30)39-36(41-37)31-18-12-7-13-19-31/h6,8,10-12,14-27H,3-5,7,9,13H2,1-2H3. The maximum atomic E-state index is 4.94. The third-order valence-electron chi connectivity index (χ3n) is 8.59. The van der Waals surface area contributed by atoms with Gasteiger partial charge in [0.15, 0.2) is 17.5 Å². The van der Waals surface area contributed by atoms with E-state index in [-0.39, 0.29) is 5.41 Å². The van der Waals surface area contributed by atoms with Crippen LogP contribution < -0.4 is 0 Å². The lowest BCUT2D eigenvalue weighted by atomic mass is 9.70. The molecule has 0 saturated heterocycles. The van der Waals surface area contributed by atoms with Crippen LogP contribution in [0.3, 0.4) is 0 Å². The summed E-state index contributed by atoms with van der Waals surface area (Å²) < 4.78 is 0. The Morgan fingerprint density at radius 1 is 0.512 bits per heavy atom. The number of rotatable bonds is 8. The predicted octanol–water partition coefficient (Wildman–Crippen LogP) is 9.78. The molecule has 4 aromatic rings. The minimum atomic E-state index is -0.0506. The molecule has 204 valence electrons. The molecule has 3 aromatic carbocycles. The molecule has 0 aliphatic heterocycles. The van der Waals surface area contributed by atoms with Gasteiger partial charge in [-0.15, -0.1) is 0 Å². The molecule has 41 heavy (non-hydrogen) atoms. The van der Waals surface area contributed by atoms with Crippen molar-refractivity contribution >= 4 is 11.1 Å². The number of allylic oxidation sites excluding steroid dienone is 8. The smallest absolute Gasteiger partial charge is 0.164 e. The topological polar surface area (TPSA) is 38.7 Å². The molecule has 0 saturated carbocycles. The molecular formula is C38H37N3. The van der Waals surface area contributed by atoms with Crippen molar-refractivity contribution in [2.24, 2.45) is 0 Å². The highest BCUT2D eigenvalue weighted by molar-refractivity contribution is 5.75. The van der Waals surface area contributed by atoms with Crippen LogP contribution in [-0.2, 0) is 5.41 Å². The lowest BCUT2D eigenvalue weighted by Crippen LogP contribution is -2.26. The Morgan fingerprint density at radius 3 is 1.51 bits per heavy atom. The highest BCUT2D eigenvalue weighted by Crippen LogP contribution is 2.40. The first-order valence-corrected chi connectivity index (χ1v) is 15.0. The van der Waals surface area contributed by atoms with Gasteiger partial charge in [-0.05, 0) is 60.8 Å². The molecule has 3 heteroatoms. The van der Waals surface area contributed by atoms with Gasteiger partial charge in [0.25, 0.3) is 0 Å². The Labute approximate surface area is 244 Å². The van der Waals surface area contributed by atoms with E-state index >= 15 is 0 Å². The molecule has 0 atom stereocenters. The first kappa shape index (κ1) is 26.8. The van der Waals surface area contributed by atoms with Crippen LogP contribution in [0, 0.1) is 0 Å². The summed E-state index contributed by atoms with van der Waals surface area (Å²) in [7, 11) is 0. The Bertz CT molecular complexity index is 1620. The van der Waals surface area contributed by atoms with Crippen molar-refractivity contribution in [3.8, 4) is 22.8 Å². The van der Waals surface area contributed by atoms with Crippen LogP contribution >= 0.6 is 0 Å². The van der Waals surface area contributed by atoms with E-state index in [0.717, 1.165) is 61.0 Å². The molecular weight excluding hydrogens is 498 g/mol. The lowest BCUT2D eigenvalue weighted by Gasteiger charge is -2.33. The molecule has 0 amide bonds. The van der Waals surface area contributed by atoms with Crippen LogP contribution in [0.25, 0.3) is 33.9 Å². The average molecular weight is 536 g/mol. The van der Waals surface area contributed by atoms with E-state index in [1.807, 2.05) is 18.2 Å². The van der Waals surface area contributed by atoms with Gasteiger partial charge in [-0.3, -0.25) is 0 Å². The largest absolute Gasteiger partial charge is 0.208 e. The number of aromatic nitrogens is 3. The lowest BCUT2D eigenvalue weighted by molar-refractivity contribution is 0.478. The molecule has 1 heterocycles. The molecule has 0 fully saturated rings. The first-order valence-electron chi connectivity index (χ1n) is 15.0. The summed E-state index contributed by atoms with van der Waals surface area (Å²) in [6.07, 6.45) is 19.8. The van der Waals surface area contributed by atoms with E-state index < -0.39 is 0 Å². The SMILES string of the molecule is CCC(CC)(c1ccc(C2=CCCC=C2)cc1)c1ccc(-c2nc(C3=CCCC=C3)nc(-c3ccccc3)n2)cc1. The summed E-state index contributed by atoms with van der Waals surface area (Å²) >= 11 is 0. The van der Waals surface area contributed by atoms with Crippen molar-refractivity contribution in [1.82, 2.24) is 15.0 Å². The van der Waals surface area contributed by atoms with Crippen LogP contribution in [-0.4, -0.2) is 15.0 Å². The third kappa shape index (κ3) is 5.50. The molecule has 0 unspecified atom stereocenters. The minimum absolute atomic E-state index is 0.0506. The maximum absolute atomic E-state index is 4.94. The van der Waals surface area contributed by atoms with E-state index in [9.17, 15) is 0 Å². The molecule has 3 nitrogen and oxygen atoms in total. The van der Waals surface area contributed by atoms with E-state index in [4.69, 9.17) is 15.0 Å². The molecule has 0 N–H and O–H groups in total. The normalized spacial score (nSPS) is 15.0. The van der Waals surface area contributed by atoms with Crippen molar-refractivity contribution < 1.29 is 0 Å². The zero-order valence-electron chi connectivity index (χ0n) is 24.1. The maximum Gasteiger partial charge on any atom is 0.164 e. The second-order valence-corrected chi connectivity index (χ2v) is 10.9. The molecule has 0 radical (unpaired) electrons. The van der Waals surface area contributed by atoms with Gasteiger partial charge in [0, 0.05) is 22.1 Å². The molecule has 0 spiro atoms.